The van der Waals surface area contributed by atoms with Crippen LogP contribution >= 0.6 is 11.6 Å². The zero-order valence-corrected chi connectivity index (χ0v) is 8.90. The van der Waals surface area contributed by atoms with Crippen molar-refractivity contribution in [3.8, 4) is 0 Å². The standard InChI is InChI=1S/C11H14ClF/c1-7(2)11(12)10-5-4-9(13)6-8(10)3/h4-7,11H,1-3H3. The Morgan fingerprint density at radius 1 is 1.31 bits per heavy atom. The van der Waals surface area contributed by atoms with Crippen LogP contribution in [0.3, 0.4) is 0 Å². The van der Waals surface area contributed by atoms with E-state index in [2.05, 4.69) is 13.8 Å². The van der Waals surface area contributed by atoms with Crippen molar-refractivity contribution < 1.29 is 4.39 Å². The Labute approximate surface area is 83.7 Å². The summed E-state index contributed by atoms with van der Waals surface area (Å²) in [7, 11) is 0. The number of alkyl halides is 1. The van der Waals surface area contributed by atoms with Gasteiger partial charge in [0, 0.05) is 0 Å². The van der Waals surface area contributed by atoms with Crippen molar-refractivity contribution in [1.82, 2.24) is 0 Å². The smallest absolute Gasteiger partial charge is 0.123 e. The van der Waals surface area contributed by atoms with Gasteiger partial charge in [0.05, 0.1) is 5.38 Å². The predicted molar refractivity (Wildman–Crippen MR) is 54.6 cm³/mol. The van der Waals surface area contributed by atoms with E-state index in [4.69, 9.17) is 11.6 Å². The molecule has 0 N–H and O–H groups in total. The monoisotopic (exact) mass is 200 g/mol. The van der Waals surface area contributed by atoms with Gasteiger partial charge in [-0.1, -0.05) is 19.9 Å². The molecule has 1 atom stereocenters. The molecule has 0 heterocycles. The Hall–Kier alpha value is -0.560. The maximum absolute atomic E-state index is 12.8. The lowest BCUT2D eigenvalue weighted by Crippen LogP contribution is -2.01. The maximum atomic E-state index is 12.8. The molecule has 1 unspecified atom stereocenters. The van der Waals surface area contributed by atoms with Gasteiger partial charge in [-0.05, 0) is 36.1 Å². The van der Waals surface area contributed by atoms with Gasteiger partial charge in [-0.15, -0.1) is 11.6 Å². The maximum Gasteiger partial charge on any atom is 0.123 e. The lowest BCUT2D eigenvalue weighted by atomic mass is 9.98. The normalized spacial score (nSPS) is 13.4. The number of hydrogen-bond acceptors (Lipinski definition) is 0. The molecule has 0 radical (unpaired) electrons. The van der Waals surface area contributed by atoms with E-state index in [1.807, 2.05) is 6.92 Å². The minimum Gasteiger partial charge on any atom is -0.207 e. The van der Waals surface area contributed by atoms with Crippen LogP contribution in [0.15, 0.2) is 18.2 Å². The SMILES string of the molecule is Cc1cc(F)ccc1C(Cl)C(C)C. The predicted octanol–water partition coefficient (Wildman–Crippen LogP) is 4.07. The minimum atomic E-state index is -0.200. The molecule has 0 aliphatic rings. The van der Waals surface area contributed by atoms with Crippen molar-refractivity contribution in [2.45, 2.75) is 26.1 Å². The zero-order chi connectivity index (χ0) is 10.0. The Morgan fingerprint density at radius 2 is 1.92 bits per heavy atom. The molecular weight excluding hydrogens is 187 g/mol. The second-order valence-corrected chi connectivity index (χ2v) is 4.12. The highest BCUT2D eigenvalue weighted by Gasteiger charge is 2.14. The molecule has 1 aromatic carbocycles. The summed E-state index contributed by atoms with van der Waals surface area (Å²) in [6.07, 6.45) is 0. The van der Waals surface area contributed by atoms with E-state index in [9.17, 15) is 4.39 Å². The van der Waals surface area contributed by atoms with Crippen molar-refractivity contribution in [3.05, 3.63) is 35.1 Å². The van der Waals surface area contributed by atoms with Gasteiger partial charge in [-0.25, -0.2) is 4.39 Å². The first-order valence-corrected chi connectivity index (χ1v) is 4.86. The number of hydrogen-bond donors (Lipinski definition) is 0. The fourth-order valence-electron chi connectivity index (χ4n) is 1.31. The first-order valence-electron chi connectivity index (χ1n) is 4.42. The van der Waals surface area contributed by atoms with E-state index in [1.54, 1.807) is 6.07 Å². The number of halogens is 2. The van der Waals surface area contributed by atoms with Crippen LogP contribution in [-0.2, 0) is 0 Å². The number of aryl methyl sites for hydroxylation is 1. The molecule has 0 nitrogen and oxygen atoms in total. The van der Waals surface area contributed by atoms with Crippen LogP contribution in [0.5, 0.6) is 0 Å². The van der Waals surface area contributed by atoms with Gasteiger partial charge in [-0.3, -0.25) is 0 Å². The van der Waals surface area contributed by atoms with Crippen molar-refractivity contribution >= 4 is 11.6 Å². The number of rotatable bonds is 2. The van der Waals surface area contributed by atoms with Crippen LogP contribution in [0, 0.1) is 18.7 Å². The third-order valence-electron chi connectivity index (χ3n) is 2.11. The first kappa shape index (κ1) is 10.5. The molecule has 0 saturated carbocycles. The third-order valence-corrected chi connectivity index (χ3v) is 2.85. The molecule has 1 aromatic rings. The highest BCUT2D eigenvalue weighted by molar-refractivity contribution is 6.21. The molecule has 0 spiro atoms. The van der Waals surface area contributed by atoms with Crippen molar-refractivity contribution in [2.24, 2.45) is 5.92 Å². The van der Waals surface area contributed by atoms with Gasteiger partial charge >= 0.3 is 0 Å². The van der Waals surface area contributed by atoms with Gasteiger partial charge in [0.1, 0.15) is 5.82 Å². The summed E-state index contributed by atoms with van der Waals surface area (Å²) in [4.78, 5) is 0. The molecule has 72 valence electrons. The summed E-state index contributed by atoms with van der Waals surface area (Å²) in [5, 5.41) is -0.0272. The lowest BCUT2D eigenvalue weighted by molar-refractivity contribution is 0.608. The largest absolute Gasteiger partial charge is 0.207 e. The second kappa shape index (κ2) is 4.10. The third kappa shape index (κ3) is 2.44. The summed E-state index contributed by atoms with van der Waals surface area (Å²) in [5.41, 5.74) is 1.95. The van der Waals surface area contributed by atoms with Crippen molar-refractivity contribution in [3.63, 3.8) is 0 Å². The molecule has 13 heavy (non-hydrogen) atoms. The van der Waals surface area contributed by atoms with Crippen LogP contribution in [-0.4, -0.2) is 0 Å². The lowest BCUT2D eigenvalue weighted by Gasteiger charge is -2.15. The summed E-state index contributed by atoms with van der Waals surface area (Å²) in [6.45, 7) is 6.00. The molecule has 0 bridgehead atoms. The topological polar surface area (TPSA) is 0 Å². The van der Waals surface area contributed by atoms with Gasteiger partial charge in [-0.2, -0.15) is 0 Å². The first-order chi connectivity index (χ1) is 6.02. The molecule has 2 heteroatoms. The fourth-order valence-corrected chi connectivity index (χ4v) is 1.55. The molecule has 0 aliphatic heterocycles. The van der Waals surface area contributed by atoms with E-state index in [1.165, 1.54) is 12.1 Å². The van der Waals surface area contributed by atoms with Gasteiger partial charge in [0.2, 0.25) is 0 Å². The van der Waals surface area contributed by atoms with Gasteiger partial charge in [0.15, 0.2) is 0 Å². The van der Waals surface area contributed by atoms with Gasteiger partial charge < -0.3 is 0 Å². The van der Waals surface area contributed by atoms with E-state index >= 15 is 0 Å². The fraction of sp³-hybridized carbons (Fsp3) is 0.455. The average molecular weight is 201 g/mol. The minimum absolute atomic E-state index is 0.0272. The van der Waals surface area contributed by atoms with Crippen LogP contribution in [0.25, 0.3) is 0 Å². The highest BCUT2D eigenvalue weighted by atomic mass is 35.5. The molecule has 0 amide bonds. The average Bonchev–Trinajstić information content (AvgIpc) is 2.03. The van der Waals surface area contributed by atoms with Crippen LogP contribution < -0.4 is 0 Å². The summed E-state index contributed by atoms with van der Waals surface area (Å²) < 4.78 is 12.8. The van der Waals surface area contributed by atoms with Crippen molar-refractivity contribution in [2.75, 3.05) is 0 Å². The highest BCUT2D eigenvalue weighted by Crippen LogP contribution is 2.30. The van der Waals surface area contributed by atoms with Crippen LogP contribution in [0.2, 0.25) is 0 Å². The summed E-state index contributed by atoms with van der Waals surface area (Å²) in [5.74, 6) is 0.166. The summed E-state index contributed by atoms with van der Waals surface area (Å²) >= 11 is 6.18. The van der Waals surface area contributed by atoms with E-state index in [0.29, 0.717) is 5.92 Å². The van der Waals surface area contributed by atoms with E-state index in [0.717, 1.165) is 11.1 Å². The van der Waals surface area contributed by atoms with Crippen LogP contribution in [0.1, 0.15) is 30.4 Å². The Balaban J connectivity index is 3.01. The molecule has 0 saturated heterocycles. The van der Waals surface area contributed by atoms with E-state index in [-0.39, 0.29) is 11.2 Å². The van der Waals surface area contributed by atoms with Crippen molar-refractivity contribution in [1.29, 1.82) is 0 Å². The molecule has 0 aromatic heterocycles. The quantitative estimate of drug-likeness (QED) is 0.632. The molecule has 1 rings (SSSR count). The van der Waals surface area contributed by atoms with E-state index < -0.39 is 0 Å². The molecule has 0 fully saturated rings. The summed E-state index contributed by atoms with van der Waals surface area (Å²) in [6, 6.07) is 4.75. The number of benzene rings is 1. The Morgan fingerprint density at radius 3 is 2.38 bits per heavy atom. The second-order valence-electron chi connectivity index (χ2n) is 3.65. The molecule has 0 aliphatic carbocycles. The van der Waals surface area contributed by atoms with Gasteiger partial charge in [0.25, 0.3) is 0 Å². The Bertz CT molecular complexity index is 294. The zero-order valence-electron chi connectivity index (χ0n) is 8.14. The van der Waals surface area contributed by atoms with Crippen LogP contribution in [0.4, 0.5) is 4.39 Å². The Kier molecular flexibility index (Phi) is 3.32. The molecular formula is C11H14ClF.